The highest BCUT2D eigenvalue weighted by Gasteiger charge is 2.30. The van der Waals surface area contributed by atoms with Crippen molar-refractivity contribution in [1.82, 2.24) is 30.8 Å². The fourth-order valence-electron chi connectivity index (χ4n) is 3.22. The van der Waals surface area contributed by atoms with Gasteiger partial charge in [-0.2, -0.15) is 0 Å². The summed E-state index contributed by atoms with van der Waals surface area (Å²) < 4.78 is 0. The molecule has 0 fully saturated rings. The van der Waals surface area contributed by atoms with E-state index in [2.05, 4.69) is 55.1 Å². The molecule has 2 aromatic carbocycles. The van der Waals surface area contributed by atoms with E-state index >= 15 is 0 Å². The molecule has 26 heavy (non-hydrogen) atoms. The highest BCUT2D eigenvalue weighted by Crippen LogP contribution is 2.40. The molecule has 6 heteroatoms. The highest BCUT2D eigenvalue weighted by atomic mass is 15.3. The quantitative estimate of drug-likeness (QED) is 0.556. The second kappa shape index (κ2) is 7.57. The number of hydrogen-bond acceptors (Lipinski definition) is 6. The van der Waals surface area contributed by atoms with Crippen molar-refractivity contribution in [2.75, 3.05) is 0 Å². The number of benzene rings is 2. The maximum atomic E-state index is 4.28. The topological polar surface area (TPSA) is 77.3 Å². The van der Waals surface area contributed by atoms with Crippen molar-refractivity contribution in [2.45, 2.75) is 11.8 Å². The summed E-state index contributed by atoms with van der Waals surface area (Å²) in [6.07, 6.45) is 3.30. The standard InChI is InChI=1S/C20H16N6/c1-3-7-15(8-4-1)19(16-9-5-2-6-10-16)20(17-11-13-21-25-23-17)18-12-14-22-26-24-18/h1-14,19-20H. The third kappa shape index (κ3) is 3.30. The van der Waals surface area contributed by atoms with E-state index in [1.165, 1.54) is 11.1 Å². The van der Waals surface area contributed by atoms with E-state index in [0.29, 0.717) is 0 Å². The molecule has 0 spiro atoms. The number of aromatic nitrogens is 6. The molecule has 4 rings (SSSR count). The van der Waals surface area contributed by atoms with Gasteiger partial charge in [0.05, 0.1) is 29.7 Å². The Morgan fingerprint density at radius 2 is 0.962 bits per heavy atom. The van der Waals surface area contributed by atoms with E-state index < -0.39 is 0 Å². The lowest BCUT2D eigenvalue weighted by molar-refractivity contribution is 0.616. The number of hydrogen-bond donors (Lipinski definition) is 0. The van der Waals surface area contributed by atoms with Gasteiger partial charge in [-0.15, -0.1) is 20.4 Å². The maximum absolute atomic E-state index is 4.28. The summed E-state index contributed by atoms with van der Waals surface area (Å²) in [5.41, 5.74) is 3.92. The summed E-state index contributed by atoms with van der Waals surface area (Å²) in [5.74, 6) is -0.156. The summed E-state index contributed by atoms with van der Waals surface area (Å²) in [4.78, 5) is 0. The first-order valence-corrected chi connectivity index (χ1v) is 8.32. The number of nitrogens with zero attached hydrogens (tertiary/aromatic N) is 6. The Labute approximate surface area is 151 Å². The molecule has 0 saturated heterocycles. The van der Waals surface area contributed by atoms with Crippen LogP contribution in [0.25, 0.3) is 0 Å². The molecule has 0 aliphatic heterocycles. The lowest BCUT2D eigenvalue weighted by Crippen LogP contribution is -2.18. The molecule has 0 atom stereocenters. The van der Waals surface area contributed by atoms with Gasteiger partial charge in [0, 0.05) is 5.92 Å². The minimum atomic E-state index is -0.161. The normalized spacial score (nSPS) is 11.0. The van der Waals surface area contributed by atoms with Gasteiger partial charge in [-0.05, 0) is 33.7 Å². The average Bonchev–Trinajstić information content (AvgIpc) is 2.74. The van der Waals surface area contributed by atoms with Gasteiger partial charge in [-0.25, -0.2) is 0 Å². The van der Waals surface area contributed by atoms with Gasteiger partial charge in [-0.1, -0.05) is 60.7 Å². The molecule has 0 bridgehead atoms. The Balaban J connectivity index is 1.93. The van der Waals surface area contributed by atoms with Crippen LogP contribution in [0.3, 0.4) is 0 Å². The van der Waals surface area contributed by atoms with Crippen LogP contribution in [0.4, 0.5) is 0 Å². The SMILES string of the molecule is c1ccc(C(c2ccccc2)C(c2ccnnn2)c2ccnnn2)cc1. The first-order chi connectivity index (χ1) is 12.9. The Kier molecular flexibility index (Phi) is 4.64. The van der Waals surface area contributed by atoms with E-state index in [1.54, 1.807) is 12.4 Å². The molecular formula is C20H16N6. The molecule has 0 saturated carbocycles. The monoisotopic (exact) mass is 340 g/mol. The molecule has 2 aromatic heterocycles. The third-order valence-electron chi connectivity index (χ3n) is 4.34. The largest absolute Gasteiger partial charge is 0.139 e. The van der Waals surface area contributed by atoms with Crippen molar-refractivity contribution in [3.63, 3.8) is 0 Å². The molecule has 0 aliphatic carbocycles. The average molecular weight is 340 g/mol. The highest BCUT2D eigenvalue weighted by molar-refractivity contribution is 5.40. The zero-order chi connectivity index (χ0) is 17.6. The Hall–Kier alpha value is -3.54. The Morgan fingerprint density at radius 1 is 0.500 bits per heavy atom. The van der Waals surface area contributed by atoms with Crippen LogP contribution in [0.15, 0.2) is 85.2 Å². The third-order valence-corrected chi connectivity index (χ3v) is 4.34. The van der Waals surface area contributed by atoms with Crippen molar-refractivity contribution < 1.29 is 0 Å². The van der Waals surface area contributed by atoms with Gasteiger partial charge in [0.1, 0.15) is 0 Å². The van der Waals surface area contributed by atoms with Crippen LogP contribution < -0.4 is 0 Å². The molecule has 6 nitrogen and oxygen atoms in total. The molecule has 2 heterocycles. The smallest absolute Gasteiger partial charge is 0.0765 e. The van der Waals surface area contributed by atoms with Gasteiger partial charge >= 0.3 is 0 Å². The first kappa shape index (κ1) is 16.0. The fraction of sp³-hybridized carbons (Fsp3) is 0.100. The molecule has 0 amide bonds. The predicted molar refractivity (Wildman–Crippen MR) is 96.2 cm³/mol. The zero-order valence-corrected chi connectivity index (χ0v) is 13.9. The summed E-state index contributed by atoms with van der Waals surface area (Å²) in [6.45, 7) is 0. The van der Waals surface area contributed by atoms with Crippen molar-refractivity contribution in [2.24, 2.45) is 0 Å². The van der Waals surface area contributed by atoms with Crippen LogP contribution in [0, 0.1) is 0 Å². The fourth-order valence-corrected chi connectivity index (χ4v) is 3.22. The summed E-state index contributed by atoms with van der Waals surface area (Å²) in [7, 11) is 0. The number of rotatable bonds is 5. The molecule has 4 aromatic rings. The summed E-state index contributed by atoms with van der Waals surface area (Å²) in [6, 6.07) is 24.4. The van der Waals surface area contributed by atoms with Gasteiger partial charge in [0.25, 0.3) is 0 Å². The summed E-state index contributed by atoms with van der Waals surface area (Å²) in [5, 5.41) is 23.9. The van der Waals surface area contributed by atoms with Crippen LogP contribution >= 0.6 is 0 Å². The van der Waals surface area contributed by atoms with E-state index in [0.717, 1.165) is 11.4 Å². The maximum Gasteiger partial charge on any atom is 0.0765 e. The second-order valence-corrected chi connectivity index (χ2v) is 5.87. The van der Waals surface area contributed by atoms with Crippen LogP contribution in [0.1, 0.15) is 34.4 Å². The van der Waals surface area contributed by atoms with Gasteiger partial charge in [0.2, 0.25) is 0 Å². The lowest BCUT2D eigenvalue weighted by atomic mass is 9.77. The van der Waals surface area contributed by atoms with Crippen LogP contribution in [0.2, 0.25) is 0 Å². The van der Waals surface area contributed by atoms with Crippen molar-refractivity contribution in [1.29, 1.82) is 0 Å². The van der Waals surface area contributed by atoms with Gasteiger partial charge in [0.15, 0.2) is 0 Å². The Morgan fingerprint density at radius 3 is 1.35 bits per heavy atom. The van der Waals surface area contributed by atoms with Crippen LogP contribution in [0.5, 0.6) is 0 Å². The molecule has 126 valence electrons. The van der Waals surface area contributed by atoms with Gasteiger partial charge < -0.3 is 0 Å². The predicted octanol–water partition coefficient (Wildman–Crippen LogP) is 3.02. The minimum absolute atomic E-state index is 0.00537. The Bertz CT molecular complexity index is 773. The van der Waals surface area contributed by atoms with E-state index in [-0.39, 0.29) is 11.8 Å². The van der Waals surface area contributed by atoms with Crippen LogP contribution in [-0.4, -0.2) is 30.8 Å². The van der Waals surface area contributed by atoms with E-state index in [4.69, 9.17) is 0 Å². The summed E-state index contributed by atoms with van der Waals surface area (Å²) >= 11 is 0. The minimum Gasteiger partial charge on any atom is -0.139 e. The van der Waals surface area contributed by atoms with Crippen molar-refractivity contribution in [3.05, 3.63) is 108 Å². The van der Waals surface area contributed by atoms with E-state index in [9.17, 15) is 0 Å². The van der Waals surface area contributed by atoms with Crippen LogP contribution in [-0.2, 0) is 0 Å². The molecule has 0 radical (unpaired) electrons. The van der Waals surface area contributed by atoms with Crippen molar-refractivity contribution in [3.8, 4) is 0 Å². The second-order valence-electron chi connectivity index (χ2n) is 5.87. The molecule has 0 N–H and O–H groups in total. The van der Waals surface area contributed by atoms with Crippen molar-refractivity contribution >= 4 is 0 Å². The van der Waals surface area contributed by atoms with E-state index in [1.807, 2.05) is 48.5 Å². The molecule has 0 unspecified atom stereocenters. The lowest BCUT2D eigenvalue weighted by Gasteiger charge is -2.26. The van der Waals surface area contributed by atoms with Gasteiger partial charge in [-0.3, -0.25) is 0 Å². The molecule has 0 aliphatic rings. The first-order valence-electron chi connectivity index (χ1n) is 8.32. The zero-order valence-electron chi connectivity index (χ0n) is 13.9. The molecular weight excluding hydrogens is 324 g/mol.